The van der Waals surface area contributed by atoms with Crippen molar-refractivity contribution in [1.82, 2.24) is 4.98 Å². The van der Waals surface area contributed by atoms with Crippen molar-refractivity contribution in [1.29, 1.82) is 0 Å². The van der Waals surface area contributed by atoms with Gasteiger partial charge in [-0.25, -0.2) is 13.4 Å². The standard InChI is InChI=1S/C12H10BrClN2O2S/c1-8-4-5-10(9(13)7-8)16-19(17,18)11-3-2-6-15-12(11)14/h2-7,16H,1H3. The molecular weight excluding hydrogens is 352 g/mol. The van der Waals surface area contributed by atoms with E-state index in [2.05, 4.69) is 25.6 Å². The van der Waals surface area contributed by atoms with Crippen molar-refractivity contribution in [3.05, 3.63) is 51.7 Å². The largest absolute Gasteiger partial charge is 0.278 e. The van der Waals surface area contributed by atoms with Crippen LogP contribution in [0.2, 0.25) is 5.15 Å². The van der Waals surface area contributed by atoms with Crippen molar-refractivity contribution in [2.45, 2.75) is 11.8 Å². The summed E-state index contributed by atoms with van der Waals surface area (Å²) in [5.74, 6) is 0. The third-order valence-electron chi connectivity index (χ3n) is 2.38. The highest BCUT2D eigenvalue weighted by molar-refractivity contribution is 9.10. The summed E-state index contributed by atoms with van der Waals surface area (Å²) in [6.45, 7) is 1.92. The highest BCUT2D eigenvalue weighted by atomic mass is 79.9. The predicted octanol–water partition coefficient (Wildman–Crippen LogP) is 3.61. The number of aryl methyl sites for hydroxylation is 1. The Balaban J connectivity index is 2.40. The van der Waals surface area contributed by atoms with Crippen LogP contribution in [0.5, 0.6) is 0 Å². The Morgan fingerprint density at radius 3 is 2.68 bits per heavy atom. The molecule has 2 rings (SSSR count). The van der Waals surface area contributed by atoms with E-state index in [0.717, 1.165) is 5.56 Å². The van der Waals surface area contributed by atoms with Crippen molar-refractivity contribution in [2.75, 3.05) is 4.72 Å². The first-order valence-corrected chi connectivity index (χ1v) is 7.95. The zero-order chi connectivity index (χ0) is 14.0. The lowest BCUT2D eigenvalue weighted by molar-refractivity contribution is 0.601. The van der Waals surface area contributed by atoms with Crippen LogP contribution in [0.15, 0.2) is 45.9 Å². The average Bonchev–Trinajstić information content (AvgIpc) is 2.33. The Morgan fingerprint density at radius 1 is 1.32 bits per heavy atom. The van der Waals surface area contributed by atoms with E-state index in [1.54, 1.807) is 6.07 Å². The molecule has 0 saturated carbocycles. The Morgan fingerprint density at radius 2 is 2.05 bits per heavy atom. The summed E-state index contributed by atoms with van der Waals surface area (Å²) in [5, 5.41) is -0.0572. The van der Waals surface area contributed by atoms with Gasteiger partial charge in [0.05, 0.1) is 5.69 Å². The van der Waals surface area contributed by atoms with Gasteiger partial charge >= 0.3 is 0 Å². The Labute approximate surface area is 125 Å². The lowest BCUT2D eigenvalue weighted by Crippen LogP contribution is -2.14. The molecule has 2 aromatic rings. The van der Waals surface area contributed by atoms with Crippen molar-refractivity contribution in [3.8, 4) is 0 Å². The molecule has 0 unspecified atom stereocenters. The summed E-state index contributed by atoms with van der Waals surface area (Å²) in [6.07, 6.45) is 1.43. The van der Waals surface area contributed by atoms with Gasteiger partial charge in [0.25, 0.3) is 10.0 Å². The van der Waals surface area contributed by atoms with Crippen LogP contribution < -0.4 is 4.72 Å². The van der Waals surface area contributed by atoms with Gasteiger partial charge in [-0.1, -0.05) is 17.7 Å². The van der Waals surface area contributed by atoms with Crippen LogP contribution in [0.4, 0.5) is 5.69 Å². The second kappa shape index (κ2) is 5.48. The van der Waals surface area contributed by atoms with Crippen LogP contribution in [-0.2, 0) is 10.0 Å². The third kappa shape index (κ3) is 3.26. The second-order valence-electron chi connectivity index (χ2n) is 3.88. The van der Waals surface area contributed by atoms with Gasteiger partial charge in [-0.2, -0.15) is 0 Å². The zero-order valence-corrected chi connectivity index (χ0v) is 13.1. The monoisotopic (exact) mass is 360 g/mol. The highest BCUT2D eigenvalue weighted by Gasteiger charge is 2.19. The van der Waals surface area contributed by atoms with E-state index in [4.69, 9.17) is 11.6 Å². The Hall–Kier alpha value is -1.11. The quantitative estimate of drug-likeness (QED) is 0.850. The molecule has 1 N–H and O–H groups in total. The van der Waals surface area contributed by atoms with Gasteiger partial charge in [-0.05, 0) is 52.7 Å². The molecule has 0 aliphatic rings. The summed E-state index contributed by atoms with van der Waals surface area (Å²) >= 11 is 9.11. The number of anilines is 1. The minimum atomic E-state index is -3.75. The molecule has 0 radical (unpaired) electrons. The lowest BCUT2D eigenvalue weighted by Gasteiger charge is -2.10. The number of hydrogen-bond donors (Lipinski definition) is 1. The van der Waals surface area contributed by atoms with Crippen LogP contribution in [0.3, 0.4) is 0 Å². The molecule has 1 heterocycles. The summed E-state index contributed by atoms with van der Waals surface area (Å²) in [4.78, 5) is 3.71. The SMILES string of the molecule is Cc1ccc(NS(=O)(=O)c2cccnc2Cl)c(Br)c1. The maximum Gasteiger partial charge on any atom is 0.265 e. The maximum atomic E-state index is 12.2. The molecular formula is C12H10BrClN2O2S. The maximum absolute atomic E-state index is 12.2. The molecule has 1 aromatic heterocycles. The van der Waals surface area contributed by atoms with Crippen LogP contribution in [0.25, 0.3) is 0 Å². The third-order valence-corrected chi connectivity index (χ3v) is 4.85. The number of sulfonamides is 1. The Bertz CT molecular complexity index is 719. The molecule has 1 aromatic carbocycles. The highest BCUT2D eigenvalue weighted by Crippen LogP contribution is 2.27. The number of pyridine rings is 1. The van der Waals surface area contributed by atoms with Crippen LogP contribution in [0.1, 0.15) is 5.56 Å². The van der Waals surface area contributed by atoms with E-state index in [1.807, 2.05) is 19.1 Å². The van der Waals surface area contributed by atoms with Crippen LogP contribution >= 0.6 is 27.5 Å². The van der Waals surface area contributed by atoms with Crippen molar-refractivity contribution < 1.29 is 8.42 Å². The van der Waals surface area contributed by atoms with Gasteiger partial charge in [0.2, 0.25) is 0 Å². The first-order valence-electron chi connectivity index (χ1n) is 5.29. The van der Waals surface area contributed by atoms with Crippen LogP contribution in [-0.4, -0.2) is 13.4 Å². The minimum Gasteiger partial charge on any atom is -0.278 e. The van der Waals surface area contributed by atoms with Crippen LogP contribution in [0, 0.1) is 6.92 Å². The van der Waals surface area contributed by atoms with E-state index >= 15 is 0 Å². The van der Waals surface area contributed by atoms with E-state index in [0.29, 0.717) is 10.2 Å². The van der Waals surface area contributed by atoms with Gasteiger partial charge in [-0.15, -0.1) is 0 Å². The summed E-state index contributed by atoms with van der Waals surface area (Å²) in [7, 11) is -3.75. The molecule has 0 fully saturated rings. The van der Waals surface area contributed by atoms with Crippen molar-refractivity contribution in [2.24, 2.45) is 0 Å². The molecule has 0 aliphatic carbocycles. The molecule has 7 heteroatoms. The predicted molar refractivity (Wildman–Crippen MR) is 78.9 cm³/mol. The number of halogens is 2. The molecule has 0 atom stereocenters. The fourth-order valence-electron chi connectivity index (χ4n) is 1.47. The minimum absolute atomic E-state index is 0.0517. The van der Waals surface area contributed by atoms with Gasteiger partial charge < -0.3 is 0 Å². The fourth-order valence-corrected chi connectivity index (χ4v) is 3.73. The van der Waals surface area contributed by atoms with Gasteiger partial charge in [0.1, 0.15) is 10.0 Å². The van der Waals surface area contributed by atoms with Gasteiger partial charge in [-0.3, -0.25) is 4.72 Å². The van der Waals surface area contributed by atoms with Crippen molar-refractivity contribution >= 4 is 43.2 Å². The molecule has 100 valence electrons. The van der Waals surface area contributed by atoms with E-state index in [-0.39, 0.29) is 10.0 Å². The second-order valence-corrected chi connectivity index (χ2v) is 6.74. The van der Waals surface area contributed by atoms with Gasteiger partial charge in [0.15, 0.2) is 0 Å². The van der Waals surface area contributed by atoms with E-state index in [1.165, 1.54) is 18.3 Å². The summed E-state index contributed by atoms with van der Waals surface area (Å²) in [6, 6.07) is 8.24. The molecule has 0 amide bonds. The first kappa shape index (κ1) is 14.3. The van der Waals surface area contributed by atoms with E-state index < -0.39 is 10.0 Å². The first-order chi connectivity index (χ1) is 8.90. The molecule has 0 saturated heterocycles. The molecule has 0 spiro atoms. The number of rotatable bonds is 3. The smallest absolute Gasteiger partial charge is 0.265 e. The summed E-state index contributed by atoms with van der Waals surface area (Å²) in [5.41, 5.74) is 1.47. The number of nitrogens with zero attached hydrogens (tertiary/aromatic N) is 1. The number of benzene rings is 1. The topological polar surface area (TPSA) is 59.1 Å². The molecule has 4 nitrogen and oxygen atoms in total. The van der Waals surface area contributed by atoms with Gasteiger partial charge in [0, 0.05) is 10.7 Å². The normalized spacial score (nSPS) is 11.3. The number of nitrogens with one attached hydrogen (secondary N) is 1. The Kier molecular flexibility index (Phi) is 4.13. The average molecular weight is 362 g/mol. The van der Waals surface area contributed by atoms with Crippen molar-refractivity contribution in [3.63, 3.8) is 0 Å². The van der Waals surface area contributed by atoms with E-state index in [9.17, 15) is 8.42 Å². The molecule has 19 heavy (non-hydrogen) atoms. The number of hydrogen-bond acceptors (Lipinski definition) is 3. The number of aromatic nitrogens is 1. The fraction of sp³-hybridized carbons (Fsp3) is 0.0833. The molecule has 0 bridgehead atoms. The zero-order valence-electron chi connectivity index (χ0n) is 9.89. The summed E-state index contributed by atoms with van der Waals surface area (Å²) < 4.78 is 27.5. The molecule has 0 aliphatic heterocycles. The lowest BCUT2D eigenvalue weighted by atomic mass is 10.2.